The summed E-state index contributed by atoms with van der Waals surface area (Å²) in [4.78, 5) is 24.9. The molecule has 0 bridgehead atoms. The van der Waals surface area contributed by atoms with Crippen molar-refractivity contribution in [3.8, 4) is 0 Å². The average Bonchev–Trinajstić information content (AvgIpc) is 2.26. The molecule has 0 radical (unpaired) electrons. The molecular formula is C13H23NO5. The van der Waals surface area contributed by atoms with Gasteiger partial charge in [-0.1, -0.05) is 6.92 Å². The number of aliphatic hydroxyl groups is 1. The fraction of sp³-hybridized carbons (Fsp3) is 0.846. The molecule has 1 fully saturated rings. The molecular weight excluding hydrogens is 250 g/mol. The van der Waals surface area contributed by atoms with Gasteiger partial charge in [0.15, 0.2) is 0 Å². The van der Waals surface area contributed by atoms with Gasteiger partial charge in [0, 0.05) is 0 Å². The zero-order valence-electron chi connectivity index (χ0n) is 12.0. The first kappa shape index (κ1) is 15.8. The van der Waals surface area contributed by atoms with Crippen LogP contribution in [-0.2, 0) is 9.53 Å². The van der Waals surface area contributed by atoms with E-state index < -0.39 is 29.3 Å². The van der Waals surface area contributed by atoms with Gasteiger partial charge < -0.3 is 14.9 Å². The molecule has 1 aliphatic heterocycles. The Morgan fingerprint density at radius 3 is 2.42 bits per heavy atom. The number of carboxylic acids is 1. The molecule has 0 spiro atoms. The largest absolute Gasteiger partial charge is 0.479 e. The number of amides is 1. The van der Waals surface area contributed by atoms with Crippen LogP contribution in [0.1, 0.15) is 47.0 Å². The number of ether oxygens (including phenoxy) is 1. The number of carboxylic acid groups (broad SMARTS) is 1. The maximum absolute atomic E-state index is 12.2. The molecule has 1 aliphatic rings. The lowest BCUT2D eigenvalue weighted by molar-refractivity contribution is -0.156. The lowest BCUT2D eigenvalue weighted by Crippen LogP contribution is -2.62. The number of carbonyl (C=O) groups excluding carboxylic acids is 1. The van der Waals surface area contributed by atoms with Crippen LogP contribution < -0.4 is 0 Å². The Labute approximate surface area is 113 Å². The van der Waals surface area contributed by atoms with E-state index >= 15 is 0 Å². The van der Waals surface area contributed by atoms with Crippen LogP contribution in [-0.4, -0.2) is 51.0 Å². The van der Waals surface area contributed by atoms with E-state index in [1.807, 2.05) is 0 Å². The van der Waals surface area contributed by atoms with Gasteiger partial charge >= 0.3 is 12.1 Å². The van der Waals surface area contributed by atoms with Gasteiger partial charge in [-0.05, 0) is 40.0 Å². The van der Waals surface area contributed by atoms with Gasteiger partial charge in [-0.15, -0.1) is 0 Å². The third kappa shape index (κ3) is 3.37. The maximum Gasteiger partial charge on any atom is 0.411 e. The predicted octanol–water partition coefficient (Wildman–Crippen LogP) is 1.61. The number of rotatable bonds is 2. The monoisotopic (exact) mass is 273 g/mol. The molecule has 0 saturated carbocycles. The van der Waals surface area contributed by atoms with Gasteiger partial charge in [0.2, 0.25) is 0 Å². The number of aliphatic hydroxyl groups excluding tert-OH is 1. The topological polar surface area (TPSA) is 87.1 Å². The number of nitrogens with zero attached hydrogens (tertiary/aromatic N) is 1. The number of carbonyl (C=O) groups is 2. The lowest BCUT2D eigenvalue weighted by atomic mass is 9.83. The van der Waals surface area contributed by atoms with Crippen LogP contribution in [0.25, 0.3) is 0 Å². The first-order valence-electron chi connectivity index (χ1n) is 6.54. The number of β-amino-alcohol motifs (C(OH)–C–C–N with tert-alkyl or cyclic N) is 1. The zero-order valence-corrected chi connectivity index (χ0v) is 12.0. The second-order valence-corrected chi connectivity index (χ2v) is 5.97. The first-order chi connectivity index (χ1) is 8.62. The van der Waals surface area contributed by atoms with Gasteiger partial charge in [-0.2, -0.15) is 0 Å². The molecule has 2 N–H and O–H groups in total. The van der Waals surface area contributed by atoms with Crippen LogP contribution in [0.4, 0.5) is 4.79 Å². The van der Waals surface area contributed by atoms with Crippen LogP contribution in [0.2, 0.25) is 0 Å². The van der Waals surface area contributed by atoms with Crippen molar-refractivity contribution in [2.45, 2.75) is 64.2 Å². The number of aliphatic carboxylic acids is 1. The Morgan fingerprint density at radius 2 is 2.00 bits per heavy atom. The van der Waals surface area contributed by atoms with Crippen LogP contribution >= 0.6 is 0 Å². The minimum atomic E-state index is -1.28. The summed E-state index contributed by atoms with van der Waals surface area (Å²) in [6.07, 6.45) is -0.491. The van der Waals surface area contributed by atoms with E-state index in [9.17, 15) is 19.8 Å². The Bertz CT molecular complexity index is 363. The molecule has 1 rings (SSSR count). The average molecular weight is 273 g/mol. The summed E-state index contributed by atoms with van der Waals surface area (Å²) in [7, 11) is 0. The fourth-order valence-corrected chi connectivity index (χ4v) is 2.32. The number of piperidine rings is 1. The molecule has 110 valence electrons. The van der Waals surface area contributed by atoms with Crippen LogP contribution in [0, 0.1) is 0 Å². The zero-order chi connectivity index (χ0) is 14.8. The van der Waals surface area contributed by atoms with Crippen molar-refractivity contribution >= 4 is 12.1 Å². The standard InChI is InChI=1S/C13H23NO5/c1-5-13(10(16)17)7-6-9(15)8-14(13)11(18)19-12(2,3)4/h9,15H,5-8H2,1-4H3,(H,16,17)/t9-,13-/m1/s1. The Kier molecular flexibility index (Phi) is 4.45. The Morgan fingerprint density at radius 1 is 1.42 bits per heavy atom. The summed E-state index contributed by atoms with van der Waals surface area (Å²) < 4.78 is 5.25. The van der Waals surface area contributed by atoms with Gasteiger partial charge in [-0.3, -0.25) is 4.90 Å². The summed E-state index contributed by atoms with van der Waals surface area (Å²) in [5, 5.41) is 19.2. The quantitative estimate of drug-likeness (QED) is 0.798. The second-order valence-electron chi connectivity index (χ2n) is 5.97. The second kappa shape index (κ2) is 5.36. The lowest BCUT2D eigenvalue weighted by Gasteiger charge is -2.45. The highest BCUT2D eigenvalue weighted by Crippen LogP contribution is 2.33. The molecule has 0 aliphatic carbocycles. The highest BCUT2D eigenvalue weighted by molar-refractivity contribution is 5.84. The Hall–Kier alpha value is -1.30. The Balaban J connectivity index is 3.02. The smallest absolute Gasteiger partial charge is 0.411 e. The highest BCUT2D eigenvalue weighted by atomic mass is 16.6. The third-order valence-corrected chi connectivity index (χ3v) is 3.40. The van der Waals surface area contributed by atoms with E-state index in [0.717, 1.165) is 4.90 Å². The molecule has 0 aromatic carbocycles. The molecule has 1 saturated heterocycles. The van der Waals surface area contributed by atoms with E-state index in [-0.39, 0.29) is 19.4 Å². The SMILES string of the molecule is CC[C@]1(C(=O)O)CC[C@@H](O)CN1C(=O)OC(C)(C)C. The molecule has 1 amide bonds. The van der Waals surface area contributed by atoms with Crippen molar-refractivity contribution in [3.63, 3.8) is 0 Å². The van der Waals surface area contributed by atoms with Crippen molar-refractivity contribution in [2.24, 2.45) is 0 Å². The molecule has 0 aromatic rings. The minimum Gasteiger partial charge on any atom is -0.479 e. The van der Waals surface area contributed by atoms with Crippen molar-refractivity contribution in [1.29, 1.82) is 0 Å². The molecule has 1 heterocycles. The first-order valence-corrected chi connectivity index (χ1v) is 6.54. The van der Waals surface area contributed by atoms with Gasteiger partial charge in [0.25, 0.3) is 0 Å². The summed E-state index contributed by atoms with van der Waals surface area (Å²) in [6, 6.07) is 0. The summed E-state index contributed by atoms with van der Waals surface area (Å²) in [5.41, 5.74) is -1.97. The summed E-state index contributed by atoms with van der Waals surface area (Å²) in [5.74, 6) is -1.05. The fourth-order valence-electron chi connectivity index (χ4n) is 2.32. The normalized spacial score (nSPS) is 28.1. The van der Waals surface area contributed by atoms with E-state index in [1.54, 1.807) is 27.7 Å². The summed E-state index contributed by atoms with van der Waals surface area (Å²) in [6.45, 7) is 6.89. The molecule has 0 unspecified atom stereocenters. The van der Waals surface area contributed by atoms with E-state index in [2.05, 4.69) is 0 Å². The van der Waals surface area contributed by atoms with Gasteiger partial charge in [-0.25, -0.2) is 9.59 Å². The molecule has 2 atom stereocenters. The summed E-state index contributed by atoms with van der Waals surface area (Å²) >= 11 is 0. The number of likely N-dealkylation sites (tertiary alicyclic amines) is 1. The van der Waals surface area contributed by atoms with Crippen LogP contribution in [0.15, 0.2) is 0 Å². The van der Waals surface area contributed by atoms with Crippen molar-refractivity contribution in [2.75, 3.05) is 6.54 Å². The third-order valence-electron chi connectivity index (χ3n) is 3.40. The van der Waals surface area contributed by atoms with Crippen molar-refractivity contribution in [1.82, 2.24) is 4.90 Å². The molecule has 0 aromatic heterocycles. The maximum atomic E-state index is 12.2. The van der Waals surface area contributed by atoms with Gasteiger partial charge in [0.05, 0.1) is 12.6 Å². The van der Waals surface area contributed by atoms with E-state index in [1.165, 1.54) is 0 Å². The van der Waals surface area contributed by atoms with Crippen molar-refractivity contribution < 1.29 is 24.5 Å². The van der Waals surface area contributed by atoms with E-state index in [4.69, 9.17) is 4.74 Å². The minimum absolute atomic E-state index is 0.00491. The van der Waals surface area contributed by atoms with E-state index in [0.29, 0.717) is 6.42 Å². The molecule has 6 nitrogen and oxygen atoms in total. The molecule has 6 heteroatoms. The van der Waals surface area contributed by atoms with Crippen LogP contribution in [0.3, 0.4) is 0 Å². The molecule has 19 heavy (non-hydrogen) atoms. The van der Waals surface area contributed by atoms with Crippen molar-refractivity contribution in [3.05, 3.63) is 0 Å². The number of hydrogen-bond acceptors (Lipinski definition) is 4. The number of hydrogen-bond donors (Lipinski definition) is 2. The van der Waals surface area contributed by atoms with Crippen LogP contribution in [0.5, 0.6) is 0 Å². The van der Waals surface area contributed by atoms with Gasteiger partial charge in [0.1, 0.15) is 11.1 Å². The highest BCUT2D eigenvalue weighted by Gasteiger charge is 2.49. The predicted molar refractivity (Wildman–Crippen MR) is 68.8 cm³/mol.